The fraction of sp³-hybridized carbons (Fsp3) is 1.00. The van der Waals surface area contributed by atoms with E-state index in [0.29, 0.717) is 0 Å². The Morgan fingerprint density at radius 2 is 1.89 bits per heavy atom. The van der Waals surface area contributed by atoms with Crippen molar-refractivity contribution in [3.05, 3.63) is 0 Å². The Morgan fingerprint density at radius 3 is 2.00 bits per heavy atom. The molecule has 0 amide bonds. The van der Waals surface area contributed by atoms with Crippen LogP contribution in [-0.2, 0) is 0 Å². The Kier molecular flexibility index (Phi) is 1.71. The van der Waals surface area contributed by atoms with Crippen LogP contribution < -0.4 is 0 Å². The number of aliphatic hydroxyl groups excluding tert-OH is 1. The van der Waals surface area contributed by atoms with Crippen LogP contribution in [0, 0.1) is 0 Å². The SMILES string of the molecule is OCC1(I)CC(F)(F)C1. The van der Waals surface area contributed by atoms with Gasteiger partial charge in [-0.25, -0.2) is 8.78 Å². The predicted molar refractivity (Wildman–Crippen MR) is 38.0 cm³/mol. The molecule has 0 saturated heterocycles. The summed E-state index contributed by atoms with van der Waals surface area (Å²) >= 11 is 1.89. The van der Waals surface area contributed by atoms with Crippen molar-refractivity contribution >= 4 is 22.6 Å². The molecule has 0 radical (unpaired) electrons. The van der Waals surface area contributed by atoms with Crippen molar-refractivity contribution in [2.24, 2.45) is 0 Å². The van der Waals surface area contributed by atoms with Gasteiger partial charge in [0.2, 0.25) is 0 Å². The maximum atomic E-state index is 12.1. The Labute approximate surface area is 65.6 Å². The van der Waals surface area contributed by atoms with Gasteiger partial charge in [-0.2, -0.15) is 0 Å². The van der Waals surface area contributed by atoms with Gasteiger partial charge < -0.3 is 5.11 Å². The molecule has 1 fully saturated rings. The lowest BCUT2D eigenvalue weighted by Crippen LogP contribution is -2.49. The minimum Gasteiger partial charge on any atom is -0.395 e. The Balaban J connectivity index is 2.41. The lowest BCUT2D eigenvalue weighted by Gasteiger charge is -2.41. The molecular formula is C5H7F2IO. The molecular weight excluding hydrogens is 241 g/mol. The van der Waals surface area contributed by atoms with Crippen LogP contribution in [0.2, 0.25) is 0 Å². The third-order valence-electron chi connectivity index (χ3n) is 1.43. The molecule has 0 aliphatic heterocycles. The van der Waals surface area contributed by atoms with Crippen LogP contribution in [0.1, 0.15) is 12.8 Å². The lowest BCUT2D eigenvalue weighted by molar-refractivity contribution is -0.100. The van der Waals surface area contributed by atoms with E-state index in [9.17, 15) is 8.78 Å². The molecule has 9 heavy (non-hydrogen) atoms. The molecule has 0 aromatic heterocycles. The van der Waals surface area contributed by atoms with E-state index in [1.54, 1.807) is 0 Å². The van der Waals surface area contributed by atoms with Crippen LogP contribution in [0.15, 0.2) is 0 Å². The number of hydrogen-bond acceptors (Lipinski definition) is 1. The van der Waals surface area contributed by atoms with E-state index in [-0.39, 0.29) is 19.4 Å². The summed E-state index contributed by atoms with van der Waals surface area (Å²) in [7, 11) is 0. The minimum absolute atomic E-state index is 0.136. The molecule has 0 unspecified atom stereocenters. The molecule has 1 saturated carbocycles. The average Bonchev–Trinajstić information content (AvgIpc) is 1.61. The summed E-state index contributed by atoms with van der Waals surface area (Å²) in [6.07, 6.45) is -0.339. The predicted octanol–water partition coefficient (Wildman–Crippen LogP) is 1.58. The van der Waals surface area contributed by atoms with Gasteiger partial charge in [0.25, 0.3) is 5.92 Å². The Hall–Kier alpha value is 0.550. The molecule has 1 nitrogen and oxygen atoms in total. The highest BCUT2D eigenvalue weighted by molar-refractivity contribution is 14.1. The normalized spacial score (nSPS) is 29.3. The van der Waals surface area contributed by atoms with Crippen molar-refractivity contribution in [3.8, 4) is 0 Å². The highest BCUT2D eigenvalue weighted by Gasteiger charge is 2.54. The number of halogens is 3. The standard InChI is InChI=1S/C5H7F2IO/c6-5(7)1-4(8,2-5)3-9/h9H,1-3H2. The molecule has 4 heteroatoms. The first-order valence-corrected chi connectivity index (χ1v) is 3.73. The molecule has 1 rings (SSSR count). The second-order valence-corrected chi connectivity index (χ2v) is 4.81. The van der Waals surface area contributed by atoms with Crippen molar-refractivity contribution in [1.82, 2.24) is 0 Å². The van der Waals surface area contributed by atoms with Crippen molar-refractivity contribution in [2.45, 2.75) is 22.2 Å². The first kappa shape index (κ1) is 7.65. The second kappa shape index (κ2) is 2.02. The van der Waals surface area contributed by atoms with Crippen LogP contribution in [-0.4, -0.2) is 21.1 Å². The van der Waals surface area contributed by atoms with Crippen LogP contribution in [0.4, 0.5) is 8.78 Å². The van der Waals surface area contributed by atoms with Crippen molar-refractivity contribution in [1.29, 1.82) is 0 Å². The fourth-order valence-electron chi connectivity index (χ4n) is 0.987. The molecule has 1 aliphatic carbocycles. The first-order chi connectivity index (χ1) is 3.97. The smallest absolute Gasteiger partial charge is 0.250 e. The summed E-state index contributed by atoms with van der Waals surface area (Å²) in [5.74, 6) is -2.51. The molecule has 0 aromatic carbocycles. The zero-order valence-corrected chi connectivity index (χ0v) is 6.86. The first-order valence-electron chi connectivity index (χ1n) is 2.65. The zero-order chi connectivity index (χ0) is 7.12. The van der Waals surface area contributed by atoms with E-state index in [1.165, 1.54) is 0 Å². The highest BCUT2D eigenvalue weighted by Crippen LogP contribution is 2.50. The van der Waals surface area contributed by atoms with Crippen LogP contribution in [0.3, 0.4) is 0 Å². The summed E-state index contributed by atoms with van der Waals surface area (Å²) in [4.78, 5) is 0. The second-order valence-electron chi connectivity index (χ2n) is 2.52. The van der Waals surface area contributed by atoms with E-state index in [4.69, 9.17) is 5.11 Å². The summed E-state index contributed by atoms with van der Waals surface area (Å²) in [5, 5.41) is 8.54. The quantitative estimate of drug-likeness (QED) is 0.551. The third-order valence-corrected chi connectivity index (χ3v) is 2.54. The van der Waals surface area contributed by atoms with Gasteiger partial charge in [-0.3, -0.25) is 0 Å². The zero-order valence-electron chi connectivity index (χ0n) is 4.70. The number of alkyl halides is 3. The van der Waals surface area contributed by atoms with Gasteiger partial charge in [0.05, 0.1) is 10.0 Å². The fourth-order valence-corrected chi connectivity index (χ4v) is 2.10. The van der Waals surface area contributed by atoms with Crippen LogP contribution in [0.5, 0.6) is 0 Å². The van der Waals surface area contributed by atoms with Crippen LogP contribution in [0.25, 0.3) is 0 Å². The largest absolute Gasteiger partial charge is 0.395 e. The topological polar surface area (TPSA) is 20.2 Å². The molecule has 1 N–H and O–H groups in total. The van der Waals surface area contributed by atoms with Gasteiger partial charge in [-0.05, 0) is 0 Å². The summed E-state index contributed by atoms with van der Waals surface area (Å²) in [6, 6.07) is 0. The van der Waals surface area contributed by atoms with Crippen molar-refractivity contribution < 1.29 is 13.9 Å². The van der Waals surface area contributed by atoms with Gasteiger partial charge in [0, 0.05) is 12.8 Å². The monoisotopic (exact) mass is 248 g/mol. The van der Waals surface area contributed by atoms with E-state index < -0.39 is 9.34 Å². The molecule has 0 heterocycles. The summed E-state index contributed by atoms with van der Waals surface area (Å²) in [5.41, 5.74) is 0. The molecule has 0 atom stereocenters. The molecule has 54 valence electrons. The Bertz CT molecular complexity index is 118. The van der Waals surface area contributed by atoms with Gasteiger partial charge in [0.1, 0.15) is 0 Å². The summed E-state index contributed by atoms with van der Waals surface area (Å²) in [6.45, 7) is -0.136. The maximum absolute atomic E-state index is 12.1. The maximum Gasteiger partial charge on any atom is 0.250 e. The van der Waals surface area contributed by atoms with Gasteiger partial charge >= 0.3 is 0 Å². The molecule has 1 aliphatic rings. The third kappa shape index (κ3) is 1.52. The van der Waals surface area contributed by atoms with Crippen molar-refractivity contribution in [3.63, 3.8) is 0 Å². The van der Waals surface area contributed by atoms with Gasteiger partial charge in [-0.1, -0.05) is 22.6 Å². The minimum atomic E-state index is -2.51. The Morgan fingerprint density at radius 1 is 1.44 bits per heavy atom. The number of hydrogen-bond donors (Lipinski definition) is 1. The highest BCUT2D eigenvalue weighted by atomic mass is 127. The van der Waals surface area contributed by atoms with E-state index in [2.05, 4.69) is 0 Å². The number of aliphatic hydroxyl groups is 1. The van der Waals surface area contributed by atoms with Crippen LogP contribution >= 0.6 is 22.6 Å². The summed E-state index contributed by atoms with van der Waals surface area (Å²) < 4.78 is 23.7. The van der Waals surface area contributed by atoms with Gasteiger partial charge in [0.15, 0.2) is 0 Å². The lowest BCUT2D eigenvalue weighted by atomic mass is 9.82. The van der Waals surface area contributed by atoms with E-state index in [0.717, 1.165) is 0 Å². The van der Waals surface area contributed by atoms with E-state index in [1.807, 2.05) is 22.6 Å². The number of rotatable bonds is 1. The average molecular weight is 248 g/mol. The van der Waals surface area contributed by atoms with E-state index >= 15 is 0 Å². The molecule has 0 spiro atoms. The van der Waals surface area contributed by atoms with Gasteiger partial charge in [-0.15, -0.1) is 0 Å². The van der Waals surface area contributed by atoms with Crippen molar-refractivity contribution in [2.75, 3.05) is 6.61 Å². The molecule has 0 bridgehead atoms. The molecule has 0 aromatic rings.